The molecule has 0 aromatic heterocycles. The van der Waals surface area contributed by atoms with Crippen molar-refractivity contribution in [1.29, 1.82) is 0 Å². The molecule has 1 fully saturated rings. The Labute approximate surface area is 153 Å². The van der Waals surface area contributed by atoms with Crippen molar-refractivity contribution in [3.05, 3.63) is 53.6 Å². The van der Waals surface area contributed by atoms with Crippen LogP contribution >= 0.6 is 0 Å². The lowest BCUT2D eigenvalue weighted by molar-refractivity contribution is -0.117. The highest BCUT2D eigenvalue weighted by atomic mass is 16.5. The van der Waals surface area contributed by atoms with Crippen LogP contribution in [0.25, 0.3) is 0 Å². The zero-order chi connectivity index (χ0) is 18.7. The Balaban J connectivity index is 1.59. The maximum absolute atomic E-state index is 12.3. The number of methoxy groups -OCH3 is 1. The van der Waals surface area contributed by atoms with Gasteiger partial charge in [0, 0.05) is 24.3 Å². The summed E-state index contributed by atoms with van der Waals surface area (Å²) >= 11 is 0. The van der Waals surface area contributed by atoms with Gasteiger partial charge in [0.1, 0.15) is 5.75 Å². The molecular formula is C20H23N3O3. The third-order valence-corrected chi connectivity index (χ3v) is 4.61. The summed E-state index contributed by atoms with van der Waals surface area (Å²) in [6, 6.07) is 12.5. The molecule has 2 aromatic carbocycles. The molecule has 0 unspecified atom stereocenters. The average Bonchev–Trinajstić information content (AvgIpc) is 2.98. The predicted octanol–water partition coefficient (Wildman–Crippen LogP) is 3.24. The number of carbonyl (C=O) groups excluding carboxylic acids is 2. The first-order valence-electron chi connectivity index (χ1n) is 8.55. The number of nitrogens with one attached hydrogen (secondary N) is 2. The molecule has 3 amide bonds. The molecule has 0 aliphatic carbocycles. The summed E-state index contributed by atoms with van der Waals surface area (Å²) in [6.45, 7) is 4.54. The van der Waals surface area contributed by atoms with E-state index in [-0.39, 0.29) is 18.0 Å². The van der Waals surface area contributed by atoms with Gasteiger partial charge < -0.3 is 20.3 Å². The Morgan fingerprint density at radius 1 is 1.12 bits per heavy atom. The smallest absolute Gasteiger partial charge is 0.319 e. The fourth-order valence-corrected chi connectivity index (χ4v) is 2.97. The molecule has 1 aliphatic rings. The van der Waals surface area contributed by atoms with Crippen molar-refractivity contribution in [2.24, 2.45) is 0 Å². The third kappa shape index (κ3) is 3.96. The third-order valence-electron chi connectivity index (χ3n) is 4.61. The quantitative estimate of drug-likeness (QED) is 0.886. The Kier molecular flexibility index (Phi) is 5.11. The lowest BCUT2D eigenvalue weighted by atomic mass is 10.1. The van der Waals surface area contributed by atoms with E-state index < -0.39 is 0 Å². The normalized spacial score (nSPS) is 16.5. The monoisotopic (exact) mass is 353 g/mol. The van der Waals surface area contributed by atoms with Crippen molar-refractivity contribution >= 4 is 23.3 Å². The molecule has 1 saturated heterocycles. The molecule has 136 valence electrons. The molecule has 0 spiro atoms. The van der Waals surface area contributed by atoms with Crippen LogP contribution in [0.2, 0.25) is 0 Å². The number of hydrogen-bond acceptors (Lipinski definition) is 3. The van der Waals surface area contributed by atoms with E-state index in [1.807, 2.05) is 32.0 Å². The maximum Gasteiger partial charge on any atom is 0.319 e. The van der Waals surface area contributed by atoms with Crippen LogP contribution in [0.3, 0.4) is 0 Å². The Bertz CT molecular complexity index is 818. The van der Waals surface area contributed by atoms with Crippen molar-refractivity contribution in [1.82, 2.24) is 5.32 Å². The Hall–Kier alpha value is -3.02. The first kappa shape index (κ1) is 17.8. The van der Waals surface area contributed by atoms with Gasteiger partial charge in [0.2, 0.25) is 5.91 Å². The average molecular weight is 353 g/mol. The van der Waals surface area contributed by atoms with E-state index in [0.29, 0.717) is 18.7 Å². The summed E-state index contributed by atoms with van der Waals surface area (Å²) in [4.78, 5) is 26.2. The van der Waals surface area contributed by atoms with Gasteiger partial charge in [-0.1, -0.05) is 6.07 Å². The molecule has 1 atom stereocenters. The van der Waals surface area contributed by atoms with Gasteiger partial charge in [0.15, 0.2) is 0 Å². The van der Waals surface area contributed by atoms with E-state index in [0.717, 1.165) is 17.0 Å². The Morgan fingerprint density at radius 3 is 2.50 bits per heavy atom. The zero-order valence-electron chi connectivity index (χ0n) is 15.2. The maximum atomic E-state index is 12.3. The molecule has 0 saturated carbocycles. The molecule has 1 heterocycles. The van der Waals surface area contributed by atoms with Crippen LogP contribution in [0, 0.1) is 13.8 Å². The Morgan fingerprint density at radius 2 is 1.85 bits per heavy atom. The molecule has 26 heavy (non-hydrogen) atoms. The van der Waals surface area contributed by atoms with Crippen LogP contribution in [0.1, 0.15) is 17.5 Å². The summed E-state index contributed by atoms with van der Waals surface area (Å²) in [6.07, 6.45) is 0.295. The van der Waals surface area contributed by atoms with Gasteiger partial charge in [0.25, 0.3) is 0 Å². The van der Waals surface area contributed by atoms with E-state index in [4.69, 9.17) is 4.74 Å². The van der Waals surface area contributed by atoms with Gasteiger partial charge in [-0.2, -0.15) is 0 Å². The van der Waals surface area contributed by atoms with Crippen LogP contribution in [0.15, 0.2) is 42.5 Å². The highest BCUT2D eigenvalue weighted by molar-refractivity contribution is 5.97. The van der Waals surface area contributed by atoms with Gasteiger partial charge >= 0.3 is 6.03 Å². The summed E-state index contributed by atoms with van der Waals surface area (Å²) < 4.78 is 5.09. The zero-order valence-corrected chi connectivity index (χ0v) is 15.2. The van der Waals surface area contributed by atoms with Gasteiger partial charge in [-0.15, -0.1) is 0 Å². The second-order valence-electron chi connectivity index (χ2n) is 6.50. The van der Waals surface area contributed by atoms with E-state index in [1.165, 1.54) is 5.56 Å². The number of benzene rings is 2. The number of hydrogen-bond donors (Lipinski definition) is 2. The first-order valence-corrected chi connectivity index (χ1v) is 8.55. The van der Waals surface area contributed by atoms with E-state index in [1.54, 1.807) is 36.3 Å². The minimum Gasteiger partial charge on any atom is -0.497 e. The van der Waals surface area contributed by atoms with Gasteiger partial charge in [-0.3, -0.25) is 4.79 Å². The lowest BCUT2D eigenvalue weighted by Crippen LogP contribution is -2.39. The van der Waals surface area contributed by atoms with Crippen LogP contribution in [-0.4, -0.2) is 31.6 Å². The van der Waals surface area contributed by atoms with Crippen LogP contribution in [-0.2, 0) is 4.79 Å². The topological polar surface area (TPSA) is 70.7 Å². The fourth-order valence-electron chi connectivity index (χ4n) is 2.97. The molecule has 2 N–H and O–H groups in total. The van der Waals surface area contributed by atoms with Gasteiger partial charge in [0.05, 0.1) is 13.2 Å². The largest absolute Gasteiger partial charge is 0.497 e. The second kappa shape index (κ2) is 7.47. The minimum absolute atomic E-state index is 0.0167. The van der Waals surface area contributed by atoms with E-state index in [2.05, 4.69) is 10.6 Å². The number of carbonyl (C=O) groups is 2. The summed E-state index contributed by atoms with van der Waals surface area (Å²) in [5.41, 5.74) is 3.87. The molecule has 0 radical (unpaired) electrons. The number of amides is 3. The molecule has 1 aliphatic heterocycles. The van der Waals surface area contributed by atoms with Crippen molar-refractivity contribution in [3.8, 4) is 5.75 Å². The predicted molar refractivity (Wildman–Crippen MR) is 102 cm³/mol. The van der Waals surface area contributed by atoms with Crippen LogP contribution in [0.5, 0.6) is 5.75 Å². The number of rotatable bonds is 4. The van der Waals surface area contributed by atoms with Crippen LogP contribution < -0.4 is 20.3 Å². The van der Waals surface area contributed by atoms with Crippen LogP contribution in [0.4, 0.5) is 16.2 Å². The van der Waals surface area contributed by atoms with Crippen molar-refractivity contribution < 1.29 is 14.3 Å². The second-order valence-corrected chi connectivity index (χ2v) is 6.50. The van der Waals surface area contributed by atoms with Gasteiger partial charge in [-0.25, -0.2) is 4.79 Å². The SMILES string of the molecule is COc1ccc(NC(=O)N[C@H]2CC(=O)N(c3ccc(C)c(C)c3)C2)cc1. The van der Waals surface area contributed by atoms with Crippen molar-refractivity contribution in [3.63, 3.8) is 0 Å². The number of aryl methyl sites for hydroxylation is 2. The van der Waals surface area contributed by atoms with Crippen molar-refractivity contribution in [2.75, 3.05) is 23.9 Å². The fraction of sp³-hybridized carbons (Fsp3) is 0.300. The molecule has 0 bridgehead atoms. The highest BCUT2D eigenvalue weighted by Crippen LogP contribution is 2.24. The van der Waals surface area contributed by atoms with E-state index >= 15 is 0 Å². The molecule has 6 nitrogen and oxygen atoms in total. The summed E-state index contributed by atoms with van der Waals surface area (Å²) in [7, 11) is 1.59. The summed E-state index contributed by atoms with van der Waals surface area (Å²) in [5.74, 6) is 0.740. The number of urea groups is 1. The number of anilines is 2. The number of nitrogens with zero attached hydrogens (tertiary/aromatic N) is 1. The number of ether oxygens (including phenoxy) is 1. The molecule has 3 rings (SSSR count). The highest BCUT2D eigenvalue weighted by Gasteiger charge is 2.31. The first-order chi connectivity index (χ1) is 12.5. The minimum atomic E-state index is -0.324. The van der Waals surface area contributed by atoms with Crippen molar-refractivity contribution in [2.45, 2.75) is 26.3 Å². The van der Waals surface area contributed by atoms with Gasteiger partial charge in [-0.05, 0) is 61.4 Å². The molecule has 2 aromatic rings. The summed E-state index contributed by atoms with van der Waals surface area (Å²) in [5, 5.41) is 5.64. The lowest BCUT2D eigenvalue weighted by Gasteiger charge is -2.18. The molecular weight excluding hydrogens is 330 g/mol. The van der Waals surface area contributed by atoms with E-state index in [9.17, 15) is 9.59 Å². The standard InChI is InChI=1S/C20H23N3O3/c1-13-4-7-17(10-14(13)2)23-12-16(11-19(23)24)22-20(25)21-15-5-8-18(26-3)9-6-15/h4-10,16H,11-12H2,1-3H3,(H2,21,22,25)/t16-/m0/s1. The molecule has 6 heteroatoms.